The van der Waals surface area contributed by atoms with Gasteiger partial charge in [0, 0.05) is 0 Å². The molecule has 0 unspecified atom stereocenters. The Labute approximate surface area is 107 Å². The van der Waals surface area contributed by atoms with Crippen molar-refractivity contribution in [3.05, 3.63) is 0 Å². The molecule has 0 fully saturated rings. The Morgan fingerprint density at radius 2 is 0.533 bits per heavy atom. The zero-order valence-electron chi connectivity index (χ0n) is 7.88. The number of hydrogen-bond acceptors (Lipinski definition) is 3. The van der Waals surface area contributed by atoms with E-state index in [-0.39, 0.29) is 84.3 Å². The van der Waals surface area contributed by atoms with Crippen molar-refractivity contribution in [1.82, 2.24) is 0 Å². The summed E-state index contributed by atoms with van der Waals surface area (Å²) in [5.41, 5.74) is 0. The summed E-state index contributed by atoms with van der Waals surface area (Å²) in [7, 11) is -2.42. The van der Waals surface area contributed by atoms with Gasteiger partial charge in [0.05, 0.1) is 0 Å². The Morgan fingerprint density at radius 3 is 0.533 bits per heavy atom. The molecule has 0 amide bonds. The van der Waals surface area contributed by atoms with Crippen LogP contribution in [-0.4, -0.2) is 72.1 Å². The zero-order chi connectivity index (χ0) is 3.58. The molecule has 104 valence electrons. The van der Waals surface area contributed by atoms with Crippen LogP contribution in [0.25, 0.3) is 0 Å². The summed E-state index contributed by atoms with van der Waals surface area (Å²) in [6.07, 6.45) is 0. The maximum atomic E-state index is 8.64. The van der Waals surface area contributed by atoms with E-state index in [9.17, 15) is 0 Å². The van der Waals surface area contributed by atoms with Gasteiger partial charge in [-0.3, -0.25) is 0 Å². The maximum absolute atomic E-state index is 8.64. The van der Waals surface area contributed by atoms with Crippen molar-refractivity contribution in [2.45, 2.75) is 0 Å². The molecule has 0 radical (unpaired) electrons. The van der Waals surface area contributed by atoms with Crippen molar-refractivity contribution in [2.24, 2.45) is 0 Å². The molecule has 0 aliphatic carbocycles. The maximum Gasteiger partial charge on any atom is 1.00 e. The van der Waals surface area contributed by atoms with Crippen LogP contribution in [0.1, 0.15) is 0 Å². The SMILES string of the molecule is O.O.O.O.O.O.O.O.O.O.[Na+].[O-]B(O)O. The van der Waals surface area contributed by atoms with Gasteiger partial charge in [0.1, 0.15) is 0 Å². The second kappa shape index (κ2) is 212. The number of hydrogen-bond donors (Lipinski definition) is 2. The first-order valence-corrected chi connectivity index (χ1v) is 0.752. The Bertz CT molecular complexity index is 15.3. The van der Waals surface area contributed by atoms with Gasteiger partial charge in [-0.25, -0.2) is 0 Å². The predicted molar refractivity (Wildman–Crippen MR) is 46.3 cm³/mol. The standard InChI is InChI=1S/BH2O3.Na.10H2O/c2-1(3)4;;;;;;;;;;;/h2-3H;;10*1H2/q-1;+1;;;;;;;;;;. The average molecular weight is 264 g/mol. The van der Waals surface area contributed by atoms with E-state index in [1.54, 1.807) is 0 Å². The van der Waals surface area contributed by atoms with Crippen molar-refractivity contribution >= 4 is 7.32 Å². The zero-order valence-corrected chi connectivity index (χ0v) is 9.88. The van der Waals surface area contributed by atoms with Crippen LogP contribution in [0, 0.1) is 0 Å². The molecule has 15 heavy (non-hydrogen) atoms. The van der Waals surface area contributed by atoms with Crippen LogP contribution < -0.4 is 34.6 Å². The minimum absolute atomic E-state index is 0. The van der Waals surface area contributed by atoms with E-state index in [0.717, 1.165) is 0 Å². The first-order chi connectivity index (χ1) is 1.73. The van der Waals surface area contributed by atoms with Crippen LogP contribution in [0.3, 0.4) is 0 Å². The second-order valence-electron chi connectivity index (χ2n) is 0.326. The minimum atomic E-state index is -2.42. The van der Waals surface area contributed by atoms with Crippen molar-refractivity contribution in [1.29, 1.82) is 0 Å². The Morgan fingerprint density at radius 1 is 0.533 bits per heavy atom. The topological polar surface area (TPSA) is 379 Å². The number of rotatable bonds is 0. The van der Waals surface area contributed by atoms with Crippen LogP contribution in [0.2, 0.25) is 0 Å². The van der Waals surface area contributed by atoms with E-state index >= 15 is 0 Å². The van der Waals surface area contributed by atoms with Gasteiger partial charge in [0.2, 0.25) is 0 Å². The van der Waals surface area contributed by atoms with Crippen LogP contribution in [0.5, 0.6) is 0 Å². The molecule has 13 nitrogen and oxygen atoms in total. The van der Waals surface area contributed by atoms with Crippen LogP contribution >= 0.6 is 0 Å². The molecule has 0 bridgehead atoms. The van der Waals surface area contributed by atoms with Gasteiger partial charge >= 0.3 is 36.9 Å². The summed E-state index contributed by atoms with van der Waals surface area (Å²) in [5.74, 6) is 0. The third kappa shape index (κ3) is 7710. The summed E-state index contributed by atoms with van der Waals surface area (Å²) in [4.78, 5) is 0. The molecule has 22 N–H and O–H groups in total. The average Bonchev–Trinajstić information content (AvgIpc) is 0.811. The molecule has 0 aliphatic heterocycles. The van der Waals surface area contributed by atoms with Gasteiger partial charge < -0.3 is 69.8 Å². The fourth-order valence-corrected chi connectivity index (χ4v) is 0. The van der Waals surface area contributed by atoms with E-state index in [0.29, 0.717) is 0 Å². The molecule has 0 aliphatic rings. The van der Waals surface area contributed by atoms with Crippen molar-refractivity contribution < 1.29 is 99.4 Å². The van der Waals surface area contributed by atoms with Gasteiger partial charge in [-0.2, -0.15) is 0 Å². The van der Waals surface area contributed by atoms with E-state index < -0.39 is 7.32 Å². The second-order valence-corrected chi connectivity index (χ2v) is 0.326. The summed E-state index contributed by atoms with van der Waals surface area (Å²) >= 11 is 0. The first-order valence-electron chi connectivity index (χ1n) is 0.752. The van der Waals surface area contributed by atoms with Crippen LogP contribution in [0.4, 0.5) is 0 Å². The summed E-state index contributed by atoms with van der Waals surface area (Å²) in [5, 5.41) is 22.8. The molecule has 0 rings (SSSR count). The largest absolute Gasteiger partial charge is 1.00 e. The molecular formula is H22BNaO13. The van der Waals surface area contributed by atoms with Gasteiger partial charge in [0.25, 0.3) is 0 Å². The van der Waals surface area contributed by atoms with Crippen LogP contribution in [-0.2, 0) is 0 Å². The minimum Gasteiger partial charge on any atom is -0.832 e. The summed E-state index contributed by atoms with van der Waals surface area (Å²) < 4.78 is 0. The fraction of sp³-hybridized carbons (Fsp3) is 0. The molecule has 0 atom stereocenters. The molecule has 0 aromatic heterocycles. The molecule has 0 heterocycles. The van der Waals surface area contributed by atoms with E-state index in [1.165, 1.54) is 0 Å². The Balaban J connectivity index is -0.000000000818. The molecule has 0 aromatic carbocycles. The van der Waals surface area contributed by atoms with E-state index in [2.05, 4.69) is 0 Å². The molecule has 0 saturated carbocycles. The van der Waals surface area contributed by atoms with Gasteiger partial charge in [-0.1, -0.05) is 0 Å². The quantitative estimate of drug-likeness (QED) is 0.402. The summed E-state index contributed by atoms with van der Waals surface area (Å²) in [6, 6.07) is 0. The molecule has 0 spiro atoms. The smallest absolute Gasteiger partial charge is 0.832 e. The van der Waals surface area contributed by atoms with Crippen LogP contribution in [0.15, 0.2) is 0 Å². The van der Waals surface area contributed by atoms with E-state index in [4.69, 9.17) is 15.1 Å². The molecule has 0 saturated heterocycles. The normalized spacial score (nSPS) is 1.80. The molecule has 15 heteroatoms. The first kappa shape index (κ1) is 262. The van der Waals surface area contributed by atoms with Crippen molar-refractivity contribution in [2.75, 3.05) is 0 Å². The third-order valence-corrected chi connectivity index (χ3v) is 0. The summed E-state index contributed by atoms with van der Waals surface area (Å²) in [6.45, 7) is 0. The van der Waals surface area contributed by atoms with Gasteiger partial charge in [0.15, 0.2) is 0 Å². The van der Waals surface area contributed by atoms with Crippen molar-refractivity contribution in [3.63, 3.8) is 0 Å². The van der Waals surface area contributed by atoms with Gasteiger partial charge in [-0.05, 0) is 0 Å². The van der Waals surface area contributed by atoms with Gasteiger partial charge in [-0.15, -0.1) is 0 Å². The Kier molecular flexibility index (Phi) is 3700. The predicted octanol–water partition coefficient (Wildman–Crippen LogP) is -13.9. The molecular weight excluding hydrogens is 242 g/mol. The third-order valence-electron chi connectivity index (χ3n) is 0. The molecule has 0 aromatic rings. The Hall–Kier alpha value is 0.545. The van der Waals surface area contributed by atoms with E-state index in [1.807, 2.05) is 0 Å². The van der Waals surface area contributed by atoms with Crippen molar-refractivity contribution in [3.8, 4) is 0 Å². The monoisotopic (exact) mass is 264 g/mol. The fourth-order valence-electron chi connectivity index (χ4n) is 0.